The summed E-state index contributed by atoms with van der Waals surface area (Å²) in [5, 5.41) is 12.4. The van der Waals surface area contributed by atoms with E-state index in [1.165, 1.54) is 17.3 Å². The lowest BCUT2D eigenvalue weighted by Gasteiger charge is -2.26. The number of likely N-dealkylation sites (tertiary alicyclic amines) is 1. The summed E-state index contributed by atoms with van der Waals surface area (Å²) in [7, 11) is 0. The normalized spacial score (nSPS) is 13.9. The van der Waals surface area contributed by atoms with Gasteiger partial charge in [0.1, 0.15) is 0 Å². The quantitative estimate of drug-likeness (QED) is 0.497. The van der Waals surface area contributed by atoms with Crippen molar-refractivity contribution < 1.29 is 9.59 Å². The number of hydrogen-bond acceptors (Lipinski definition) is 5. The Morgan fingerprint density at radius 2 is 1.97 bits per heavy atom. The number of carbonyl (C=O) groups is 2. The highest BCUT2D eigenvalue weighted by Gasteiger charge is 2.18. The van der Waals surface area contributed by atoms with Crippen molar-refractivity contribution in [3.05, 3.63) is 59.7 Å². The molecule has 1 N–H and O–H groups in total. The van der Waals surface area contributed by atoms with Crippen molar-refractivity contribution in [1.82, 2.24) is 19.7 Å². The van der Waals surface area contributed by atoms with E-state index in [1.54, 1.807) is 0 Å². The highest BCUT2D eigenvalue weighted by atomic mass is 32.2. The van der Waals surface area contributed by atoms with Gasteiger partial charge in [-0.3, -0.25) is 9.59 Å². The molecule has 172 valence electrons. The standard InChI is InChI=1S/C25H29N5O2S/c1-3-30-24(20-10-6-8-18(2)14-20)27-28-25(30)33-17-22(31)26-21-11-7-9-19(15-21)16-29-13-5-4-12-23(29)32/h6-11,14-15H,3-5,12-13,16-17H2,1-2H3,(H,26,31). The summed E-state index contributed by atoms with van der Waals surface area (Å²) in [4.78, 5) is 26.6. The second-order valence-corrected chi connectivity index (χ2v) is 9.17. The zero-order valence-electron chi connectivity index (χ0n) is 19.1. The molecule has 1 saturated heterocycles. The van der Waals surface area contributed by atoms with Crippen molar-refractivity contribution >= 4 is 29.3 Å². The lowest BCUT2D eigenvalue weighted by molar-refractivity contribution is -0.133. The van der Waals surface area contributed by atoms with Crippen LogP contribution in [0.2, 0.25) is 0 Å². The molecule has 7 nitrogen and oxygen atoms in total. The molecule has 8 heteroatoms. The minimum Gasteiger partial charge on any atom is -0.338 e. The van der Waals surface area contributed by atoms with Crippen molar-refractivity contribution in [3.63, 3.8) is 0 Å². The fraction of sp³-hybridized carbons (Fsp3) is 0.360. The van der Waals surface area contributed by atoms with Gasteiger partial charge in [-0.1, -0.05) is 47.7 Å². The summed E-state index contributed by atoms with van der Waals surface area (Å²) in [6.07, 6.45) is 2.65. The Balaban J connectivity index is 1.37. The topological polar surface area (TPSA) is 80.1 Å². The Bertz CT molecular complexity index is 1140. The third-order valence-electron chi connectivity index (χ3n) is 5.65. The van der Waals surface area contributed by atoms with Crippen LogP contribution >= 0.6 is 11.8 Å². The first-order valence-corrected chi connectivity index (χ1v) is 12.3. The molecule has 0 aliphatic carbocycles. The van der Waals surface area contributed by atoms with Gasteiger partial charge in [0, 0.05) is 37.3 Å². The summed E-state index contributed by atoms with van der Waals surface area (Å²) in [6, 6.07) is 15.9. The molecule has 2 heterocycles. The molecular formula is C25H29N5O2S. The van der Waals surface area contributed by atoms with Crippen LogP contribution < -0.4 is 5.32 Å². The van der Waals surface area contributed by atoms with Crippen LogP contribution in [0.4, 0.5) is 5.69 Å². The van der Waals surface area contributed by atoms with E-state index in [2.05, 4.69) is 34.6 Å². The molecule has 33 heavy (non-hydrogen) atoms. The molecule has 0 radical (unpaired) electrons. The minimum atomic E-state index is -0.103. The molecule has 3 aromatic rings. The first-order valence-electron chi connectivity index (χ1n) is 11.3. The van der Waals surface area contributed by atoms with Crippen LogP contribution in [0, 0.1) is 6.92 Å². The SMILES string of the molecule is CCn1c(SCC(=O)Nc2cccc(CN3CCCCC3=O)c2)nnc1-c1cccc(C)c1. The van der Waals surface area contributed by atoms with Crippen molar-refractivity contribution in [3.8, 4) is 11.4 Å². The van der Waals surface area contributed by atoms with Crippen LogP contribution in [0.25, 0.3) is 11.4 Å². The van der Waals surface area contributed by atoms with Crippen LogP contribution in [0.15, 0.2) is 53.7 Å². The molecular weight excluding hydrogens is 434 g/mol. The van der Waals surface area contributed by atoms with Gasteiger partial charge >= 0.3 is 0 Å². The van der Waals surface area contributed by atoms with Crippen LogP contribution in [0.1, 0.15) is 37.3 Å². The molecule has 0 unspecified atom stereocenters. The van der Waals surface area contributed by atoms with Crippen molar-refractivity contribution in [1.29, 1.82) is 0 Å². The minimum absolute atomic E-state index is 0.103. The van der Waals surface area contributed by atoms with E-state index < -0.39 is 0 Å². The van der Waals surface area contributed by atoms with Crippen LogP contribution in [-0.2, 0) is 22.7 Å². The van der Waals surface area contributed by atoms with E-state index >= 15 is 0 Å². The third-order valence-corrected chi connectivity index (χ3v) is 6.61. The summed E-state index contributed by atoms with van der Waals surface area (Å²) in [5.74, 6) is 1.15. The van der Waals surface area contributed by atoms with Crippen LogP contribution in [-0.4, -0.2) is 43.8 Å². The van der Waals surface area contributed by atoms with E-state index in [9.17, 15) is 9.59 Å². The number of rotatable bonds is 8. The Morgan fingerprint density at radius 3 is 2.76 bits per heavy atom. The average molecular weight is 464 g/mol. The van der Waals surface area contributed by atoms with E-state index in [0.29, 0.717) is 13.0 Å². The fourth-order valence-electron chi connectivity index (χ4n) is 4.00. The third kappa shape index (κ3) is 5.82. The highest BCUT2D eigenvalue weighted by molar-refractivity contribution is 7.99. The molecule has 2 amide bonds. The van der Waals surface area contributed by atoms with E-state index in [1.807, 2.05) is 52.8 Å². The van der Waals surface area contributed by atoms with Crippen molar-refractivity contribution in [2.24, 2.45) is 0 Å². The Kier molecular flexibility index (Phi) is 7.44. The molecule has 1 aromatic heterocycles. The van der Waals surface area contributed by atoms with Crippen LogP contribution in [0.5, 0.6) is 0 Å². The Hall–Kier alpha value is -3.13. The number of amides is 2. The molecule has 2 aromatic carbocycles. The van der Waals surface area contributed by atoms with E-state index in [4.69, 9.17) is 0 Å². The monoisotopic (exact) mass is 463 g/mol. The number of carbonyl (C=O) groups excluding carboxylic acids is 2. The molecule has 0 bridgehead atoms. The zero-order chi connectivity index (χ0) is 23.2. The Morgan fingerprint density at radius 1 is 1.12 bits per heavy atom. The second kappa shape index (κ2) is 10.7. The van der Waals surface area contributed by atoms with Gasteiger partial charge in [-0.2, -0.15) is 0 Å². The maximum absolute atomic E-state index is 12.6. The molecule has 0 atom stereocenters. The number of thioether (sulfide) groups is 1. The number of aryl methyl sites for hydroxylation is 1. The van der Waals surface area contributed by atoms with E-state index in [-0.39, 0.29) is 17.6 Å². The smallest absolute Gasteiger partial charge is 0.234 e. The number of nitrogens with zero attached hydrogens (tertiary/aromatic N) is 4. The first-order chi connectivity index (χ1) is 16.0. The molecule has 1 aliphatic heterocycles. The fourth-order valence-corrected chi connectivity index (χ4v) is 4.80. The van der Waals surface area contributed by atoms with Gasteiger partial charge in [-0.05, 0) is 50.5 Å². The highest BCUT2D eigenvalue weighted by Crippen LogP contribution is 2.25. The molecule has 1 aliphatic rings. The van der Waals surface area contributed by atoms with Gasteiger partial charge in [0.2, 0.25) is 11.8 Å². The predicted octanol–water partition coefficient (Wildman–Crippen LogP) is 4.52. The lowest BCUT2D eigenvalue weighted by atomic mass is 10.1. The van der Waals surface area contributed by atoms with Gasteiger partial charge < -0.3 is 14.8 Å². The number of aromatic nitrogens is 3. The zero-order valence-corrected chi connectivity index (χ0v) is 19.9. The van der Waals surface area contributed by atoms with Gasteiger partial charge in [0.15, 0.2) is 11.0 Å². The van der Waals surface area contributed by atoms with Crippen molar-refractivity contribution in [2.75, 3.05) is 17.6 Å². The molecule has 0 saturated carbocycles. The summed E-state index contributed by atoms with van der Waals surface area (Å²) >= 11 is 1.38. The van der Waals surface area contributed by atoms with Crippen LogP contribution in [0.3, 0.4) is 0 Å². The number of anilines is 1. The maximum Gasteiger partial charge on any atom is 0.234 e. The summed E-state index contributed by atoms with van der Waals surface area (Å²) < 4.78 is 2.03. The van der Waals surface area contributed by atoms with Gasteiger partial charge in [-0.25, -0.2) is 0 Å². The van der Waals surface area contributed by atoms with Crippen molar-refractivity contribution in [2.45, 2.75) is 51.4 Å². The largest absolute Gasteiger partial charge is 0.338 e. The number of benzene rings is 2. The van der Waals surface area contributed by atoms with Gasteiger partial charge in [0.25, 0.3) is 0 Å². The lowest BCUT2D eigenvalue weighted by Crippen LogP contribution is -2.34. The number of nitrogens with one attached hydrogen (secondary N) is 1. The predicted molar refractivity (Wildman–Crippen MR) is 131 cm³/mol. The van der Waals surface area contributed by atoms with Gasteiger partial charge in [0.05, 0.1) is 5.75 Å². The second-order valence-electron chi connectivity index (χ2n) is 8.23. The number of piperidine rings is 1. The maximum atomic E-state index is 12.6. The molecule has 4 rings (SSSR count). The Labute approximate surface area is 198 Å². The molecule has 1 fully saturated rings. The molecule has 0 spiro atoms. The summed E-state index contributed by atoms with van der Waals surface area (Å²) in [6.45, 7) is 6.20. The first kappa shape index (κ1) is 23.0. The number of hydrogen-bond donors (Lipinski definition) is 1. The average Bonchev–Trinajstić information content (AvgIpc) is 3.22. The summed E-state index contributed by atoms with van der Waals surface area (Å²) in [5.41, 5.74) is 3.94. The van der Waals surface area contributed by atoms with E-state index in [0.717, 1.165) is 53.7 Å². The van der Waals surface area contributed by atoms with Gasteiger partial charge in [-0.15, -0.1) is 10.2 Å².